The van der Waals surface area contributed by atoms with Crippen molar-refractivity contribution in [2.24, 2.45) is 11.7 Å². The molecule has 0 aromatic rings. The highest BCUT2D eigenvalue weighted by Gasteiger charge is 2.24. The molecule has 0 bridgehead atoms. The molecule has 0 aliphatic rings. The van der Waals surface area contributed by atoms with Gasteiger partial charge in [-0.2, -0.15) is 0 Å². The largest absolute Gasteiger partial charge is 0.368 e. The van der Waals surface area contributed by atoms with Crippen LogP contribution in [0, 0.1) is 5.92 Å². The molecule has 3 N–H and O–H groups in total. The molecule has 0 aromatic carbocycles. The molecule has 0 spiro atoms. The minimum Gasteiger partial charge on any atom is -0.368 e. The molecule has 5 nitrogen and oxygen atoms in total. The summed E-state index contributed by atoms with van der Waals surface area (Å²) in [7, 11) is 0. The second-order valence-electron chi connectivity index (χ2n) is 5.84. The Morgan fingerprint density at radius 3 is 2.19 bits per heavy atom. The van der Waals surface area contributed by atoms with Gasteiger partial charge in [-0.15, -0.1) is 0 Å². The minimum atomic E-state index is -0.441. The van der Waals surface area contributed by atoms with E-state index < -0.39 is 6.04 Å². The van der Waals surface area contributed by atoms with Crippen LogP contribution in [0.4, 0.5) is 0 Å². The number of unbranched alkanes of at least 4 members (excludes halogenated alkanes) is 1. The molecular weight excluding hydrogens is 266 g/mol. The highest BCUT2D eigenvalue weighted by atomic mass is 16.2. The third-order valence-corrected chi connectivity index (χ3v) is 4.19. The fraction of sp³-hybridized carbons (Fsp3) is 0.875. The number of hydrogen-bond donors (Lipinski definition) is 2. The van der Waals surface area contributed by atoms with Crippen molar-refractivity contribution in [2.75, 3.05) is 13.1 Å². The van der Waals surface area contributed by atoms with E-state index in [1.807, 2.05) is 18.7 Å². The van der Waals surface area contributed by atoms with E-state index in [9.17, 15) is 9.59 Å². The Hall–Kier alpha value is -1.10. The molecule has 2 amide bonds. The number of rotatable bonds is 11. The Morgan fingerprint density at radius 2 is 1.76 bits per heavy atom. The smallest absolute Gasteiger partial charge is 0.236 e. The second-order valence-corrected chi connectivity index (χ2v) is 5.84. The van der Waals surface area contributed by atoms with Crippen LogP contribution >= 0.6 is 0 Å². The molecule has 0 unspecified atom stereocenters. The molecule has 3 atom stereocenters. The van der Waals surface area contributed by atoms with Gasteiger partial charge in [0.25, 0.3) is 0 Å². The molecule has 0 fully saturated rings. The SMILES string of the molecule is CCCCN(C(=O)CN[C@H](C(N)=O)[C@@H](C)CC)[C@@H](C)CC. The summed E-state index contributed by atoms with van der Waals surface area (Å²) in [5.74, 6) is -0.212. The van der Waals surface area contributed by atoms with E-state index >= 15 is 0 Å². The van der Waals surface area contributed by atoms with Gasteiger partial charge in [0.2, 0.25) is 11.8 Å². The van der Waals surface area contributed by atoms with E-state index in [1.54, 1.807) is 0 Å². The van der Waals surface area contributed by atoms with E-state index in [2.05, 4.69) is 26.1 Å². The summed E-state index contributed by atoms with van der Waals surface area (Å²) in [5.41, 5.74) is 5.42. The number of amides is 2. The van der Waals surface area contributed by atoms with Crippen molar-refractivity contribution in [1.82, 2.24) is 10.2 Å². The van der Waals surface area contributed by atoms with E-state index in [-0.39, 0.29) is 30.3 Å². The van der Waals surface area contributed by atoms with Crippen molar-refractivity contribution in [3.8, 4) is 0 Å². The summed E-state index contributed by atoms with van der Waals surface area (Å²) in [5, 5.41) is 3.04. The third kappa shape index (κ3) is 6.93. The molecule has 0 saturated heterocycles. The Kier molecular flexibility index (Phi) is 10.0. The lowest BCUT2D eigenvalue weighted by molar-refractivity contribution is -0.132. The quantitative estimate of drug-likeness (QED) is 0.612. The first-order valence-corrected chi connectivity index (χ1v) is 8.21. The van der Waals surface area contributed by atoms with Crippen LogP contribution in [-0.4, -0.2) is 41.9 Å². The van der Waals surface area contributed by atoms with Gasteiger partial charge >= 0.3 is 0 Å². The number of carbonyl (C=O) groups excluding carboxylic acids is 2. The Morgan fingerprint density at radius 1 is 1.14 bits per heavy atom. The fourth-order valence-corrected chi connectivity index (χ4v) is 2.26. The van der Waals surface area contributed by atoms with Crippen LogP contribution in [0.5, 0.6) is 0 Å². The van der Waals surface area contributed by atoms with Gasteiger partial charge in [0.1, 0.15) is 0 Å². The van der Waals surface area contributed by atoms with Gasteiger partial charge in [0, 0.05) is 12.6 Å². The number of nitrogens with one attached hydrogen (secondary N) is 1. The molecule has 0 rings (SSSR count). The number of primary amides is 1. The van der Waals surface area contributed by atoms with Gasteiger partial charge in [-0.3, -0.25) is 14.9 Å². The lowest BCUT2D eigenvalue weighted by Gasteiger charge is -2.30. The topological polar surface area (TPSA) is 75.4 Å². The Bertz CT molecular complexity index is 321. The highest BCUT2D eigenvalue weighted by Crippen LogP contribution is 2.09. The first kappa shape index (κ1) is 19.9. The van der Waals surface area contributed by atoms with E-state index in [0.29, 0.717) is 0 Å². The van der Waals surface area contributed by atoms with Crippen molar-refractivity contribution >= 4 is 11.8 Å². The molecule has 21 heavy (non-hydrogen) atoms. The van der Waals surface area contributed by atoms with Gasteiger partial charge in [0.15, 0.2) is 0 Å². The maximum atomic E-state index is 12.4. The van der Waals surface area contributed by atoms with Crippen LogP contribution in [0.15, 0.2) is 0 Å². The maximum Gasteiger partial charge on any atom is 0.236 e. The van der Waals surface area contributed by atoms with Gasteiger partial charge < -0.3 is 10.6 Å². The molecule has 0 radical (unpaired) electrons. The molecular formula is C16H33N3O2. The van der Waals surface area contributed by atoms with Crippen LogP contribution in [-0.2, 0) is 9.59 Å². The summed E-state index contributed by atoms with van der Waals surface area (Å²) in [4.78, 5) is 25.8. The normalized spacial score (nSPS) is 15.3. The average Bonchev–Trinajstić information content (AvgIpc) is 2.46. The summed E-state index contributed by atoms with van der Waals surface area (Å²) in [6, 6.07) is -0.217. The monoisotopic (exact) mass is 299 g/mol. The van der Waals surface area contributed by atoms with E-state index in [1.165, 1.54) is 0 Å². The highest BCUT2D eigenvalue weighted by molar-refractivity contribution is 5.82. The van der Waals surface area contributed by atoms with Crippen molar-refractivity contribution < 1.29 is 9.59 Å². The van der Waals surface area contributed by atoms with Gasteiger partial charge in [-0.05, 0) is 25.7 Å². The lowest BCUT2D eigenvalue weighted by Crippen LogP contribution is -2.51. The summed E-state index contributed by atoms with van der Waals surface area (Å²) >= 11 is 0. The zero-order valence-corrected chi connectivity index (χ0v) is 14.3. The van der Waals surface area contributed by atoms with Crippen molar-refractivity contribution in [2.45, 2.75) is 72.4 Å². The average molecular weight is 299 g/mol. The van der Waals surface area contributed by atoms with Crippen LogP contribution in [0.1, 0.15) is 60.3 Å². The van der Waals surface area contributed by atoms with Gasteiger partial charge in [-0.25, -0.2) is 0 Å². The maximum absolute atomic E-state index is 12.4. The third-order valence-electron chi connectivity index (χ3n) is 4.19. The molecule has 0 aromatic heterocycles. The molecule has 0 aliphatic heterocycles. The van der Waals surface area contributed by atoms with Crippen LogP contribution in [0.3, 0.4) is 0 Å². The fourth-order valence-electron chi connectivity index (χ4n) is 2.26. The molecule has 0 aliphatic carbocycles. The number of hydrogen-bond acceptors (Lipinski definition) is 3. The molecule has 5 heteroatoms. The standard InChI is InChI=1S/C16H33N3O2/c1-6-9-10-19(13(5)8-3)14(20)11-18-15(16(17)21)12(4)7-2/h12-13,15,18H,6-11H2,1-5H3,(H2,17,21)/t12-,13-,15-/m0/s1. The molecule has 0 saturated carbocycles. The molecule has 124 valence electrons. The van der Waals surface area contributed by atoms with Crippen molar-refractivity contribution in [1.29, 1.82) is 0 Å². The van der Waals surface area contributed by atoms with E-state index in [4.69, 9.17) is 5.73 Å². The zero-order valence-electron chi connectivity index (χ0n) is 14.3. The molecule has 0 heterocycles. The predicted molar refractivity (Wildman–Crippen MR) is 86.8 cm³/mol. The van der Waals surface area contributed by atoms with E-state index in [0.717, 1.165) is 32.2 Å². The lowest BCUT2D eigenvalue weighted by atomic mass is 9.98. The zero-order chi connectivity index (χ0) is 16.4. The second kappa shape index (κ2) is 10.6. The number of nitrogens with two attached hydrogens (primary N) is 1. The number of carbonyl (C=O) groups is 2. The Labute approximate surface area is 129 Å². The van der Waals surface area contributed by atoms with Crippen molar-refractivity contribution in [3.05, 3.63) is 0 Å². The van der Waals surface area contributed by atoms with Gasteiger partial charge in [-0.1, -0.05) is 40.5 Å². The van der Waals surface area contributed by atoms with Crippen LogP contribution in [0.25, 0.3) is 0 Å². The summed E-state index contributed by atoms with van der Waals surface area (Å²) in [6.45, 7) is 11.2. The van der Waals surface area contributed by atoms with Gasteiger partial charge in [0.05, 0.1) is 12.6 Å². The number of nitrogens with zero attached hydrogens (tertiary/aromatic N) is 1. The summed E-state index contributed by atoms with van der Waals surface area (Å²) in [6.07, 6.45) is 3.84. The van der Waals surface area contributed by atoms with Crippen LogP contribution in [0.2, 0.25) is 0 Å². The Balaban J connectivity index is 4.62. The predicted octanol–water partition coefficient (Wildman–Crippen LogP) is 1.90. The summed E-state index contributed by atoms with van der Waals surface area (Å²) < 4.78 is 0. The van der Waals surface area contributed by atoms with Crippen molar-refractivity contribution in [3.63, 3.8) is 0 Å². The first-order chi connectivity index (χ1) is 9.88. The first-order valence-electron chi connectivity index (χ1n) is 8.21. The minimum absolute atomic E-state index is 0.0485. The van der Waals surface area contributed by atoms with Crippen LogP contribution < -0.4 is 11.1 Å².